The van der Waals surface area contributed by atoms with Gasteiger partial charge in [0.1, 0.15) is 10.8 Å². The van der Waals surface area contributed by atoms with Crippen molar-refractivity contribution in [2.45, 2.75) is 4.90 Å². The molecule has 0 spiro atoms. The molecule has 0 aliphatic rings. The Hall–Kier alpha value is -2.03. The fraction of sp³-hybridized carbons (Fsp3) is 0. The van der Waals surface area contributed by atoms with Crippen LogP contribution in [0.1, 0.15) is 5.56 Å². The molecule has 0 aliphatic carbocycles. The Balaban J connectivity index is 2.31. The Morgan fingerprint density at radius 3 is 2.38 bits per heavy atom. The van der Waals surface area contributed by atoms with Crippen molar-refractivity contribution in [3.63, 3.8) is 0 Å². The molecule has 5 nitrogen and oxygen atoms in total. The maximum absolute atomic E-state index is 13.7. The Morgan fingerprint density at radius 2 is 1.81 bits per heavy atom. The van der Waals surface area contributed by atoms with Crippen LogP contribution in [0.4, 0.5) is 15.8 Å². The Bertz CT molecular complexity index is 807. The highest BCUT2D eigenvalue weighted by atomic mass is 32.2. The van der Waals surface area contributed by atoms with E-state index in [4.69, 9.17) is 23.1 Å². The smallest absolute Gasteiger partial charge is 0.238 e. The highest BCUT2D eigenvalue weighted by Crippen LogP contribution is 2.21. The third-order valence-corrected chi connectivity index (χ3v) is 3.82. The zero-order valence-electron chi connectivity index (χ0n) is 10.7. The topological polar surface area (TPSA) is 98.2 Å². The van der Waals surface area contributed by atoms with Gasteiger partial charge in [0, 0.05) is 16.9 Å². The molecule has 2 aromatic carbocycles. The van der Waals surface area contributed by atoms with Crippen LogP contribution in [0.15, 0.2) is 47.4 Å². The summed E-state index contributed by atoms with van der Waals surface area (Å²) in [5.41, 5.74) is 6.41. The lowest BCUT2D eigenvalue weighted by molar-refractivity contribution is 0.598. The van der Waals surface area contributed by atoms with Crippen molar-refractivity contribution in [3.8, 4) is 0 Å². The molecule has 0 radical (unpaired) electrons. The normalized spacial score (nSPS) is 11.1. The molecule has 2 rings (SSSR count). The maximum Gasteiger partial charge on any atom is 0.238 e. The number of thiocarbonyl (C=S) groups is 1. The lowest BCUT2D eigenvalue weighted by atomic mass is 10.2. The second kappa shape index (κ2) is 5.76. The predicted octanol–water partition coefficient (Wildman–Crippen LogP) is 1.85. The second-order valence-corrected chi connectivity index (χ2v) is 6.26. The van der Waals surface area contributed by atoms with E-state index in [-0.39, 0.29) is 15.4 Å². The molecule has 5 N–H and O–H groups in total. The summed E-state index contributed by atoms with van der Waals surface area (Å²) in [6, 6.07) is 10.1. The van der Waals surface area contributed by atoms with Gasteiger partial charge >= 0.3 is 0 Å². The van der Waals surface area contributed by atoms with Crippen molar-refractivity contribution in [1.82, 2.24) is 0 Å². The molecule has 0 aromatic heterocycles. The predicted molar refractivity (Wildman–Crippen MR) is 83.4 cm³/mol. The van der Waals surface area contributed by atoms with Crippen LogP contribution in [0, 0.1) is 5.82 Å². The first-order chi connectivity index (χ1) is 9.77. The molecule has 2 aromatic rings. The van der Waals surface area contributed by atoms with Crippen LogP contribution in [0.25, 0.3) is 0 Å². The number of nitrogens with two attached hydrogens (primary N) is 2. The van der Waals surface area contributed by atoms with Gasteiger partial charge in [-0.2, -0.15) is 0 Å². The molecule has 0 atom stereocenters. The van der Waals surface area contributed by atoms with E-state index in [0.29, 0.717) is 11.4 Å². The van der Waals surface area contributed by atoms with Crippen molar-refractivity contribution >= 4 is 38.6 Å². The first-order valence-electron chi connectivity index (χ1n) is 5.76. The van der Waals surface area contributed by atoms with Crippen LogP contribution >= 0.6 is 12.2 Å². The molecule has 0 bridgehead atoms. The van der Waals surface area contributed by atoms with Crippen LogP contribution in [0.5, 0.6) is 0 Å². The third kappa shape index (κ3) is 3.75. The zero-order valence-corrected chi connectivity index (χ0v) is 12.3. The van der Waals surface area contributed by atoms with Crippen LogP contribution in [-0.2, 0) is 10.0 Å². The van der Waals surface area contributed by atoms with Crippen molar-refractivity contribution in [1.29, 1.82) is 0 Å². The van der Waals surface area contributed by atoms with Gasteiger partial charge in [0.2, 0.25) is 10.0 Å². The van der Waals surface area contributed by atoms with Gasteiger partial charge in [0.05, 0.1) is 4.90 Å². The molecule has 0 saturated heterocycles. The van der Waals surface area contributed by atoms with Gasteiger partial charge in [0.25, 0.3) is 0 Å². The molecule has 0 amide bonds. The second-order valence-electron chi connectivity index (χ2n) is 4.26. The van der Waals surface area contributed by atoms with Crippen molar-refractivity contribution in [2.75, 3.05) is 5.32 Å². The summed E-state index contributed by atoms with van der Waals surface area (Å²) in [5, 5.41) is 7.93. The van der Waals surface area contributed by atoms with Gasteiger partial charge < -0.3 is 11.1 Å². The number of hydrogen-bond acceptors (Lipinski definition) is 4. The number of hydrogen-bond donors (Lipinski definition) is 3. The first kappa shape index (κ1) is 15.4. The summed E-state index contributed by atoms with van der Waals surface area (Å²) in [6.07, 6.45) is 0. The van der Waals surface area contributed by atoms with Gasteiger partial charge in [-0.05, 0) is 36.4 Å². The van der Waals surface area contributed by atoms with Gasteiger partial charge in [-0.15, -0.1) is 0 Å². The molecule has 0 fully saturated rings. The van der Waals surface area contributed by atoms with Crippen LogP contribution < -0.4 is 16.2 Å². The monoisotopic (exact) mass is 325 g/mol. The quantitative estimate of drug-likeness (QED) is 0.745. The number of sulfonamides is 1. The SMILES string of the molecule is NC(=S)c1ccc(Nc2cccc(S(N)(=O)=O)c2)cc1F. The van der Waals surface area contributed by atoms with E-state index in [0.717, 1.165) is 0 Å². The summed E-state index contributed by atoms with van der Waals surface area (Å²) in [6.45, 7) is 0. The van der Waals surface area contributed by atoms with E-state index in [1.807, 2.05) is 0 Å². The number of primary sulfonamides is 1. The summed E-state index contributed by atoms with van der Waals surface area (Å²) < 4.78 is 36.3. The molecule has 0 unspecified atom stereocenters. The van der Waals surface area contributed by atoms with E-state index < -0.39 is 15.8 Å². The number of rotatable bonds is 4. The molecule has 110 valence electrons. The van der Waals surface area contributed by atoms with E-state index in [1.165, 1.54) is 30.3 Å². The molecule has 0 aliphatic heterocycles. The van der Waals surface area contributed by atoms with Crippen molar-refractivity contribution in [2.24, 2.45) is 10.9 Å². The van der Waals surface area contributed by atoms with Crippen molar-refractivity contribution in [3.05, 3.63) is 53.8 Å². The van der Waals surface area contributed by atoms with Crippen LogP contribution in [0.3, 0.4) is 0 Å². The van der Waals surface area contributed by atoms with Crippen LogP contribution in [-0.4, -0.2) is 13.4 Å². The Kier molecular flexibility index (Phi) is 4.21. The van der Waals surface area contributed by atoms with E-state index in [9.17, 15) is 12.8 Å². The Labute approximate surface area is 126 Å². The van der Waals surface area contributed by atoms with Gasteiger partial charge in [0.15, 0.2) is 0 Å². The number of benzene rings is 2. The minimum absolute atomic E-state index is 0.0322. The molecule has 0 saturated carbocycles. The number of nitrogens with one attached hydrogen (secondary N) is 1. The minimum atomic E-state index is -3.79. The highest BCUT2D eigenvalue weighted by Gasteiger charge is 2.09. The zero-order chi connectivity index (χ0) is 15.6. The molecule has 21 heavy (non-hydrogen) atoms. The molecule has 8 heteroatoms. The Morgan fingerprint density at radius 1 is 1.14 bits per heavy atom. The summed E-state index contributed by atoms with van der Waals surface area (Å²) >= 11 is 4.72. The number of anilines is 2. The fourth-order valence-corrected chi connectivity index (χ4v) is 2.44. The van der Waals surface area contributed by atoms with Gasteiger partial charge in [-0.3, -0.25) is 0 Å². The van der Waals surface area contributed by atoms with Crippen LogP contribution in [0.2, 0.25) is 0 Å². The fourth-order valence-electron chi connectivity index (χ4n) is 1.71. The lowest BCUT2D eigenvalue weighted by Gasteiger charge is -2.09. The maximum atomic E-state index is 13.7. The van der Waals surface area contributed by atoms with E-state index >= 15 is 0 Å². The van der Waals surface area contributed by atoms with E-state index in [2.05, 4.69) is 5.32 Å². The van der Waals surface area contributed by atoms with Crippen molar-refractivity contribution < 1.29 is 12.8 Å². The van der Waals surface area contributed by atoms with E-state index in [1.54, 1.807) is 12.1 Å². The molecular weight excluding hydrogens is 313 g/mol. The highest BCUT2D eigenvalue weighted by molar-refractivity contribution is 7.89. The van der Waals surface area contributed by atoms with Gasteiger partial charge in [-0.1, -0.05) is 18.3 Å². The average Bonchev–Trinajstić information content (AvgIpc) is 2.37. The summed E-state index contributed by atoms with van der Waals surface area (Å²) in [4.78, 5) is -0.0667. The summed E-state index contributed by atoms with van der Waals surface area (Å²) in [7, 11) is -3.79. The first-order valence-corrected chi connectivity index (χ1v) is 7.72. The average molecular weight is 325 g/mol. The standard InChI is InChI=1S/C13H12FN3O2S2/c14-12-7-9(4-5-11(12)13(15)20)17-8-2-1-3-10(6-8)21(16,18)19/h1-7,17H,(H2,15,20)(H2,16,18,19). The largest absolute Gasteiger partial charge is 0.389 e. The molecule has 0 heterocycles. The number of halogens is 1. The molecular formula is C13H12FN3O2S2. The van der Waals surface area contributed by atoms with Gasteiger partial charge in [-0.25, -0.2) is 17.9 Å². The minimum Gasteiger partial charge on any atom is -0.389 e. The third-order valence-electron chi connectivity index (χ3n) is 2.69. The lowest BCUT2D eigenvalue weighted by Crippen LogP contribution is -2.12. The summed E-state index contributed by atoms with van der Waals surface area (Å²) in [5.74, 6) is -0.560.